The maximum absolute atomic E-state index is 9.36. The molecule has 0 fully saturated rings. The number of hydrogen-bond donors (Lipinski definition) is 2. The third kappa shape index (κ3) is 3.22. The molecule has 0 saturated heterocycles. The largest absolute Gasteiger partial charge is 0.490 e. The molecular formula is C12H20NO2+. The fourth-order valence-electron chi connectivity index (χ4n) is 1.42. The van der Waals surface area contributed by atoms with E-state index in [9.17, 15) is 5.11 Å². The molecule has 84 valence electrons. The minimum atomic E-state index is -0.481. The van der Waals surface area contributed by atoms with Gasteiger partial charge in [0.25, 0.3) is 0 Å². The zero-order valence-electron chi connectivity index (χ0n) is 9.71. The Balaban J connectivity index is 2.76. The predicted molar refractivity (Wildman–Crippen MR) is 59.9 cm³/mol. The van der Waals surface area contributed by atoms with Gasteiger partial charge in [-0.1, -0.05) is 6.07 Å². The highest BCUT2D eigenvalue weighted by atomic mass is 16.5. The number of benzene rings is 1. The zero-order chi connectivity index (χ0) is 11.4. The van der Waals surface area contributed by atoms with Crippen molar-refractivity contribution < 1.29 is 15.6 Å². The summed E-state index contributed by atoms with van der Waals surface area (Å²) in [6, 6.07) is 4.12. The summed E-state index contributed by atoms with van der Waals surface area (Å²) in [6.45, 7) is 6.92. The molecule has 1 rings (SSSR count). The summed E-state index contributed by atoms with van der Waals surface area (Å²) in [7, 11) is 0. The lowest BCUT2D eigenvalue weighted by Crippen LogP contribution is -2.56. The van der Waals surface area contributed by atoms with Crippen LogP contribution < -0.4 is 10.5 Å². The fraction of sp³-hybridized carbons (Fsp3) is 0.500. The van der Waals surface area contributed by atoms with Gasteiger partial charge in [0.15, 0.2) is 0 Å². The van der Waals surface area contributed by atoms with E-state index in [-0.39, 0.29) is 0 Å². The number of hydrogen-bond acceptors (Lipinski definition) is 2. The summed E-state index contributed by atoms with van der Waals surface area (Å²) < 4.78 is 5.56. The van der Waals surface area contributed by atoms with Crippen molar-refractivity contribution >= 4 is 0 Å². The highest BCUT2D eigenvalue weighted by molar-refractivity contribution is 5.41. The first kappa shape index (κ1) is 12.0. The Kier molecular flexibility index (Phi) is 4.12. The molecule has 1 aromatic carbocycles. The molecule has 0 aromatic heterocycles. The second kappa shape index (κ2) is 5.14. The Morgan fingerprint density at radius 2 is 2.00 bits per heavy atom. The summed E-state index contributed by atoms with van der Waals surface area (Å²) in [5.41, 5.74) is 7.16. The van der Waals surface area contributed by atoms with E-state index in [1.54, 1.807) is 0 Å². The van der Waals surface area contributed by atoms with Crippen LogP contribution in [0.3, 0.4) is 0 Å². The molecule has 15 heavy (non-hydrogen) atoms. The van der Waals surface area contributed by atoms with Crippen molar-refractivity contribution in [3.63, 3.8) is 0 Å². The second-order valence-electron chi connectivity index (χ2n) is 3.96. The van der Waals surface area contributed by atoms with Crippen LogP contribution in [0.15, 0.2) is 12.1 Å². The second-order valence-corrected chi connectivity index (χ2v) is 3.96. The van der Waals surface area contributed by atoms with Crippen LogP contribution in [0.4, 0.5) is 0 Å². The van der Waals surface area contributed by atoms with Crippen LogP contribution in [0.5, 0.6) is 5.75 Å². The minimum Gasteiger partial charge on any atom is -0.490 e. The summed E-state index contributed by atoms with van der Waals surface area (Å²) >= 11 is 0. The van der Waals surface area contributed by atoms with Crippen LogP contribution in [0.2, 0.25) is 0 Å². The fourth-order valence-corrected chi connectivity index (χ4v) is 1.42. The highest BCUT2D eigenvalue weighted by Gasteiger charge is 2.07. The van der Waals surface area contributed by atoms with E-state index in [0.717, 1.165) is 11.3 Å². The molecule has 0 amide bonds. The van der Waals surface area contributed by atoms with Gasteiger partial charge in [0.1, 0.15) is 25.0 Å². The van der Waals surface area contributed by atoms with Crippen molar-refractivity contribution in [3.8, 4) is 5.75 Å². The molecule has 0 aliphatic carbocycles. The van der Waals surface area contributed by atoms with Gasteiger partial charge < -0.3 is 15.6 Å². The molecule has 4 N–H and O–H groups in total. The first-order chi connectivity index (χ1) is 7.04. The van der Waals surface area contributed by atoms with Crippen LogP contribution in [0.25, 0.3) is 0 Å². The summed E-state index contributed by atoms with van der Waals surface area (Å²) in [5.74, 6) is 0.861. The molecule has 0 radical (unpaired) electrons. The van der Waals surface area contributed by atoms with Crippen LogP contribution in [-0.2, 0) is 0 Å². The minimum absolute atomic E-state index is 0.313. The van der Waals surface area contributed by atoms with E-state index >= 15 is 0 Å². The smallest absolute Gasteiger partial charge is 0.136 e. The van der Waals surface area contributed by atoms with Gasteiger partial charge in [-0.25, -0.2) is 0 Å². The van der Waals surface area contributed by atoms with Crippen molar-refractivity contribution in [1.29, 1.82) is 0 Å². The lowest BCUT2D eigenvalue weighted by Gasteiger charge is -2.13. The molecule has 0 aliphatic rings. The number of aliphatic hydroxyl groups is 1. The summed E-state index contributed by atoms with van der Waals surface area (Å²) in [5, 5.41) is 9.36. The van der Waals surface area contributed by atoms with Crippen molar-refractivity contribution in [1.82, 2.24) is 0 Å². The van der Waals surface area contributed by atoms with E-state index < -0.39 is 6.10 Å². The van der Waals surface area contributed by atoms with E-state index in [0.29, 0.717) is 13.2 Å². The molecule has 3 nitrogen and oxygen atoms in total. The Labute approximate surface area is 90.9 Å². The number of aliphatic hydroxyl groups excluding tert-OH is 1. The summed E-state index contributed by atoms with van der Waals surface area (Å²) in [4.78, 5) is 0. The van der Waals surface area contributed by atoms with Gasteiger partial charge in [-0.3, -0.25) is 0 Å². The third-order valence-corrected chi connectivity index (χ3v) is 2.53. The van der Waals surface area contributed by atoms with Crippen LogP contribution in [-0.4, -0.2) is 24.4 Å². The first-order valence-corrected chi connectivity index (χ1v) is 5.22. The number of ether oxygens (including phenoxy) is 1. The predicted octanol–water partition coefficient (Wildman–Crippen LogP) is 0.593. The first-order valence-electron chi connectivity index (χ1n) is 5.22. The van der Waals surface area contributed by atoms with Crippen LogP contribution in [0, 0.1) is 20.8 Å². The van der Waals surface area contributed by atoms with Crippen molar-refractivity contribution in [3.05, 3.63) is 28.8 Å². The molecular weight excluding hydrogens is 190 g/mol. The highest BCUT2D eigenvalue weighted by Crippen LogP contribution is 2.23. The maximum Gasteiger partial charge on any atom is 0.136 e. The number of aryl methyl sites for hydroxylation is 2. The molecule has 0 unspecified atom stereocenters. The quantitative estimate of drug-likeness (QED) is 0.764. The van der Waals surface area contributed by atoms with E-state index in [1.165, 1.54) is 11.1 Å². The molecule has 1 atom stereocenters. The Morgan fingerprint density at radius 1 is 1.33 bits per heavy atom. The van der Waals surface area contributed by atoms with Crippen LogP contribution >= 0.6 is 0 Å². The Bertz CT molecular complexity index is 337. The topological polar surface area (TPSA) is 57.1 Å². The van der Waals surface area contributed by atoms with Gasteiger partial charge >= 0.3 is 0 Å². The lowest BCUT2D eigenvalue weighted by molar-refractivity contribution is -0.384. The van der Waals surface area contributed by atoms with Gasteiger partial charge in [0, 0.05) is 0 Å². The molecule has 0 aliphatic heterocycles. The average molecular weight is 210 g/mol. The van der Waals surface area contributed by atoms with Crippen LogP contribution in [0.1, 0.15) is 16.7 Å². The molecule has 0 spiro atoms. The monoisotopic (exact) mass is 210 g/mol. The molecule has 0 bridgehead atoms. The van der Waals surface area contributed by atoms with E-state index in [1.807, 2.05) is 19.9 Å². The molecule has 0 heterocycles. The maximum atomic E-state index is 9.36. The normalized spacial score (nSPS) is 12.6. The molecule has 0 saturated carbocycles. The third-order valence-electron chi connectivity index (χ3n) is 2.53. The van der Waals surface area contributed by atoms with Gasteiger partial charge in [-0.2, -0.15) is 0 Å². The van der Waals surface area contributed by atoms with Crippen molar-refractivity contribution in [2.75, 3.05) is 13.2 Å². The molecule has 1 aromatic rings. The lowest BCUT2D eigenvalue weighted by atomic mass is 10.1. The zero-order valence-corrected chi connectivity index (χ0v) is 9.71. The standard InChI is InChI=1S/C12H19NO2/c1-8-4-9(2)10(3)12(5-8)15-7-11(14)6-13/h4-5,11,14H,6-7,13H2,1-3H3/p+1/t11-/m0/s1. The average Bonchev–Trinajstić information content (AvgIpc) is 2.20. The Morgan fingerprint density at radius 3 is 2.60 bits per heavy atom. The van der Waals surface area contributed by atoms with Crippen molar-refractivity contribution in [2.24, 2.45) is 0 Å². The van der Waals surface area contributed by atoms with Gasteiger partial charge in [-0.15, -0.1) is 0 Å². The SMILES string of the molecule is Cc1cc(C)c(C)c(OC[C@@H](O)C[NH3+])c1. The number of rotatable bonds is 4. The van der Waals surface area contributed by atoms with E-state index in [4.69, 9.17) is 4.74 Å². The Hall–Kier alpha value is -1.06. The van der Waals surface area contributed by atoms with Gasteiger partial charge in [0.05, 0.1) is 0 Å². The van der Waals surface area contributed by atoms with Crippen molar-refractivity contribution in [2.45, 2.75) is 26.9 Å². The van der Waals surface area contributed by atoms with E-state index in [2.05, 4.69) is 18.7 Å². The van der Waals surface area contributed by atoms with Gasteiger partial charge in [-0.05, 0) is 43.5 Å². The molecule has 3 heteroatoms. The number of quaternary nitrogens is 1. The summed E-state index contributed by atoms with van der Waals surface area (Å²) in [6.07, 6.45) is -0.481. The van der Waals surface area contributed by atoms with Gasteiger partial charge in [0.2, 0.25) is 0 Å².